The molecule has 0 N–H and O–H groups in total. The Morgan fingerprint density at radius 2 is 2.07 bits per heavy atom. The van der Waals surface area contributed by atoms with E-state index in [0.717, 1.165) is 12.1 Å². The lowest BCUT2D eigenvalue weighted by Gasteiger charge is -2.02. The number of hydrogen-bond donors (Lipinski definition) is 0. The Labute approximate surface area is 88.5 Å². The summed E-state index contributed by atoms with van der Waals surface area (Å²) in [5.41, 5.74) is -1.31. The number of pyridine rings is 1. The number of rotatable bonds is 2. The van der Waals surface area contributed by atoms with E-state index < -0.39 is 31.8 Å². The molecule has 1 aromatic rings. The molecule has 0 radical (unpaired) electrons. The van der Waals surface area contributed by atoms with Gasteiger partial charge in [-0.3, -0.25) is 0 Å². The van der Waals surface area contributed by atoms with Crippen LogP contribution in [0, 0.1) is 11.3 Å². The third-order valence-corrected chi connectivity index (χ3v) is 2.83. The third kappa shape index (κ3) is 2.61. The van der Waals surface area contributed by atoms with Crippen molar-refractivity contribution in [2.45, 2.75) is 11.3 Å². The molecule has 0 fully saturated rings. The lowest BCUT2D eigenvalue weighted by molar-refractivity contribution is 0.146. The van der Waals surface area contributed by atoms with Crippen molar-refractivity contribution in [3.63, 3.8) is 0 Å². The van der Waals surface area contributed by atoms with Crippen LogP contribution in [0.4, 0.5) is 8.78 Å². The number of halogens is 3. The molecule has 1 heterocycles. The largest absolute Gasteiger partial charge is 0.280 e. The second-order valence-electron chi connectivity index (χ2n) is 2.43. The van der Waals surface area contributed by atoms with Crippen molar-refractivity contribution in [2.24, 2.45) is 0 Å². The van der Waals surface area contributed by atoms with Crippen LogP contribution in [0.25, 0.3) is 0 Å². The van der Waals surface area contributed by atoms with Crippen molar-refractivity contribution in [1.82, 2.24) is 4.98 Å². The maximum absolute atomic E-state index is 12.2. The van der Waals surface area contributed by atoms with Crippen molar-refractivity contribution in [3.8, 4) is 6.07 Å². The van der Waals surface area contributed by atoms with Crippen molar-refractivity contribution >= 4 is 19.7 Å². The summed E-state index contributed by atoms with van der Waals surface area (Å²) in [6.07, 6.45) is -2.87. The molecule has 15 heavy (non-hydrogen) atoms. The molecule has 1 rings (SSSR count). The first-order valence-electron chi connectivity index (χ1n) is 3.50. The van der Waals surface area contributed by atoms with Gasteiger partial charge in [-0.25, -0.2) is 22.2 Å². The highest BCUT2D eigenvalue weighted by Gasteiger charge is 2.19. The third-order valence-electron chi connectivity index (χ3n) is 1.47. The van der Waals surface area contributed by atoms with E-state index >= 15 is 0 Å². The molecule has 0 aliphatic heterocycles. The van der Waals surface area contributed by atoms with Crippen LogP contribution in [-0.2, 0) is 9.05 Å². The van der Waals surface area contributed by atoms with Gasteiger partial charge in [0.15, 0.2) is 5.69 Å². The van der Waals surface area contributed by atoms with Gasteiger partial charge < -0.3 is 0 Å². The van der Waals surface area contributed by atoms with E-state index in [-0.39, 0.29) is 0 Å². The van der Waals surface area contributed by atoms with E-state index in [1.165, 1.54) is 6.07 Å². The van der Waals surface area contributed by atoms with Crippen molar-refractivity contribution in [1.29, 1.82) is 5.26 Å². The van der Waals surface area contributed by atoms with Crippen molar-refractivity contribution in [2.75, 3.05) is 0 Å². The molecule has 0 saturated heterocycles. The fourth-order valence-electron chi connectivity index (χ4n) is 0.860. The predicted molar refractivity (Wildman–Crippen MR) is 46.9 cm³/mol. The van der Waals surface area contributed by atoms with Gasteiger partial charge in [0.25, 0.3) is 15.5 Å². The molecule has 0 saturated carbocycles. The van der Waals surface area contributed by atoms with Gasteiger partial charge in [-0.1, -0.05) is 0 Å². The van der Waals surface area contributed by atoms with Crippen LogP contribution in [0.1, 0.15) is 17.8 Å². The Hall–Kier alpha value is -1.26. The fraction of sp³-hybridized carbons (Fsp3) is 0.143. The molecule has 0 bridgehead atoms. The van der Waals surface area contributed by atoms with Gasteiger partial charge in [0.2, 0.25) is 0 Å². The maximum atomic E-state index is 12.2. The summed E-state index contributed by atoms with van der Waals surface area (Å²) in [4.78, 5) is 2.61. The first kappa shape index (κ1) is 11.8. The number of alkyl halides is 2. The number of nitrogens with zero attached hydrogens (tertiary/aromatic N) is 2. The van der Waals surface area contributed by atoms with Gasteiger partial charge in [-0.2, -0.15) is 5.26 Å². The molecule has 80 valence electrons. The van der Waals surface area contributed by atoms with Gasteiger partial charge in [-0.05, 0) is 12.1 Å². The van der Waals surface area contributed by atoms with Gasteiger partial charge in [-0.15, -0.1) is 0 Å². The van der Waals surface area contributed by atoms with Crippen molar-refractivity contribution < 1.29 is 17.2 Å². The van der Waals surface area contributed by atoms with Gasteiger partial charge >= 0.3 is 0 Å². The van der Waals surface area contributed by atoms with Crippen molar-refractivity contribution in [3.05, 3.63) is 23.5 Å². The number of hydrogen-bond acceptors (Lipinski definition) is 4. The van der Waals surface area contributed by atoms with E-state index in [0.29, 0.717) is 0 Å². The Morgan fingerprint density at radius 1 is 1.47 bits per heavy atom. The van der Waals surface area contributed by atoms with Crippen LogP contribution in [-0.4, -0.2) is 13.4 Å². The molecule has 0 aliphatic rings. The zero-order valence-electron chi connectivity index (χ0n) is 6.99. The second-order valence-corrected chi connectivity index (χ2v) is 4.97. The van der Waals surface area contributed by atoms with E-state index in [1.807, 2.05) is 0 Å². The summed E-state index contributed by atoms with van der Waals surface area (Å²) in [5, 5.41) is 8.51. The highest BCUT2D eigenvalue weighted by atomic mass is 35.7. The quantitative estimate of drug-likeness (QED) is 0.753. The average molecular weight is 253 g/mol. The topological polar surface area (TPSA) is 70.8 Å². The van der Waals surface area contributed by atoms with Crippen LogP contribution >= 0.6 is 10.7 Å². The molecular formula is C7H3ClF2N2O2S. The lowest BCUT2D eigenvalue weighted by Crippen LogP contribution is -2.01. The summed E-state index contributed by atoms with van der Waals surface area (Å²) in [6.45, 7) is 0. The molecule has 1 aromatic heterocycles. The average Bonchev–Trinajstić information content (AvgIpc) is 2.15. The summed E-state index contributed by atoms with van der Waals surface area (Å²) in [7, 11) is 0.822. The van der Waals surface area contributed by atoms with Gasteiger partial charge in [0, 0.05) is 10.7 Å². The monoisotopic (exact) mass is 252 g/mol. The van der Waals surface area contributed by atoms with Crippen LogP contribution in [0.3, 0.4) is 0 Å². The molecule has 0 atom stereocenters. The highest BCUT2D eigenvalue weighted by Crippen LogP contribution is 2.22. The lowest BCUT2D eigenvalue weighted by atomic mass is 10.3. The molecule has 0 aliphatic carbocycles. The Balaban J connectivity index is 3.43. The zero-order chi connectivity index (χ0) is 11.6. The smallest absolute Gasteiger partial charge is 0.235 e. The van der Waals surface area contributed by atoms with E-state index in [2.05, 4.69) is 4.98 Å². The van der Waals surface area contributed by atoms with E-state index in [4.69, 9.17) is 15.9 Å². The molecular weight excluding hydrogens is 250 g/mol. The summed E-state index contributed by atoms with van der Waals surface area (Å²) >= 11 is 0. The minimum atomic E-state index is -4.15. The molecule has 0 spiro atoms. The van der Waals surface area contributed by atoms with Crippen LogP contribution in [0.2, 0.25) is 0 Å². The Kier molecular flexibility index (Phi) is 3.21. The predicted octanol–water partition coefficient (Wildman–Crippen LogP) is 1.82. The molecule has 0 aromatic carbocycles. The number of nitriles is 1. The van der Waals surface area contributed by atoms with Gasteiger partial charge in [0.05, 0.1) is 0 Å². The standard InChI is InChI=1S/C7H3ClF2N2O2S/c8-15(13,14)6-2-1-4(7(9)10)12-5(6)3-11/h1-2,7H. The zero-order valence-corrected chi connectivity index (χ0v) is 8.56. The van der Waals surface area contributed by atoms with E-state index in [9.17, 15) is 17.2 Å². The van der Waals surface area contributed by atoms with Gasteiger partial charge in [0.1, 0.15) is 16.7 Å². The normalized spacial score (nSPS) is 11.4. The number of aromatic nitrogens is 1. The highest BCUT2D eigenvalue weighted by molar-refractivity contribution is 8.13. The second kappa shape index (κ2) is 4.08. The minimum absolute atomic E-state index is 0.573. The van der Waals surface area contributed by atoms with Crippen LogP contribution in [0.5, 0.6) is 0 Å². The summed E-state index contributed by atoms with van der Waals surface area (Å²) < 4.78 is 46.1. The summed E-state index contributed by atoms with van der Waals surface area (Å²) in [6, 6.07) is 3.02. The first-order chi connectivity index (χ1) is 6.86. The molecule has 4 nitrogen and oxygen atoms in total. The molecule has 0 unspecified atom stereocenters. The molecule has 8 heteroatoms. The SMILES string of the molecule is N#Cc1nc(C(F)F)ccc1S(=O)(=O)Cl. The molecule has 0 amide bonds. The minimum Gasteiger partial charge on any atom is -0.235 e. The van der Waals surface area contributed by atoms with Crippen LogP contribution in [0.15, 0.2) is 17.0 Å². The first-order valence-corrected chi connectivity index (χ1v) is 5.81. The summed E-state index contributed by atoms with van der Waals surface area (Å²) in [5.74, 6) is 0. The Morgan fingerprint density at radius 3 is 2.47 bits per heavy atom. The maximum Gasteiger partial charge on any atom is 0.280 e. The van der Waals surface area contributed by atoms with Crippen LogP contribution < -0.4 is 0 Å². The Bertz CT molecular complexity index is 524. The van der Waals surface area contributed by atoms with E-state index in [1.54, 1.807) is 0 Å². The fourth-order valence-corrected chi connectivity index (χ4v) is 1.79.